The van der Waals surface area contributed by atoms with E-state index in [0.717, 1.165) is 18.4 Å². The van der Waals surface area contributed by atoms with Crippen LogP contribution in [0.2, 0.25) is 0 Å². The molecule has 0 saturated carbocycles. The maximum atomic E-state index is 10.6. The van der Waals surface area contributed by atoms with Crippen LogP contribution in [0.15, 0.2) is 24.3 Å². The van der Waals surface area contributed by atoms with Crippen LogP contribution in [-0.2, 0) is 12.0 Å². The molecule has 1 atom stereocenters. The first kappa shape index (κ1) is 12.3. The number of aliphatic hydroxyl groups is 1. The van der Waals surface area contributed by atoms with Gasteiger partial charge in [-0.25, -0.2) is 0 Å². The quantitative estimate of drug-likeness (QED) is 0.799. The zero-order valence-electron chi connectivity index (χ0n) is 10.2. The van der Waals surface area contributed by atoms with Crippen molar-refractivity contribution in [3.05, 3.63) is 35.4 Å². The fraction of sp³-hybridized carbons (Fsp3) is 0.571. The van der Waals surface area contributed by atoms with Gasteiger partial charge in [0.15, 0.2) is 0 Å². The Bertz CT molecular complexity index is 317. The van der Waals surface area contributed by atoms with Gasteiger partial charge in [-0.3, -0.25) is 0 Å². The Morgan fingerprint density at radius 2 is 1.93 bits per heavy atom. The van der Waals surface area contributed by atoms with Crippen molar-refractivity contribution >= 4 is 0 Å². The SMILES string of the molecule is CCc1cccc(C(O)(CC)C(C)C)c1. The third-order valence-electron chi connectivity index (χ3n) is 3.33. The molecular weight excluding hydrogens is 184 g/mol. The van der Waals surface area contributed by atoms with Crippen molar-refractivity contribution in [1.82, 2.24) is 0 Å². The normalized spacial score (nSPS) is 15.3. The molecule has 0 aliphatic heterocycles. The molecule has 0 amide bonds. The second-order valence-electron chi connectivity index (χ2n) is 4.49. The molecule has 0 aliphatic carbocycles. The van der Waals surface area contributed by atoms with Crippen LogP contribution in [0, 0.1) is 5.92 Å². The van der Waals surface area contributed by atoms with Gasteiger partial charge in [0.25, 0.3) is 0 Å². The summed E-state index contributed by atoms with van der Waals surface area (Å²) in [6, 6.07) is 8.31. The summed E-state index contributed by atoms with van der Waals surface area (Å²) in [5, 5.41) is 10.6. The molecule has 15 heavy (non-hydrogen) atoms. The van der Waals surface area contributed by atoms with E-state index in [1.807, 2.05) is 19.1 Å². The molecule has 1 unspecified atom stereocenters. The van der Waals surface area contributed by atoms with E-state index in [0.29, 0.717) is 0 Å². The minimum absolute atomic E-state index is 0.245. The third kappa shape index (κ3) is 2.40. The maximum Gasteiger partial charge on any atom is 0.0916 e. The van der Waals surface area contributed by atoms with E-state index in [9.17, 15) is 5.11 Å². The van der Waals surface area contributed by atoms with E-state index in [1.54, 1.807) is 0 Å². The largest absolute Gasteiger partial charge is 0.385 e. The van der Waals surface area contributed by atoms with Crippen molar-refractivity contribution < 1.29 is 5.11 Å². The summed E-state index contributed by atoms with van der Waals surface area (Å²) in [5.74, 6) is 0.245. The summed E-state index contributed by atoms with van der Waals surface area (Å²) < 4.78 is 0. The van der Waals surface area contributed by atoms with Gasteiger partial charge in [0.2, 0.25) is 0 Å². The Morgan fingerprint density at radius 1 is 1.27 bits per heavy atom. The van der Waals surface area contributed by atoms with Crippen molar-refractivity contribution in [2.24, 2.45) is 5.92 Å². The predicted octanol–water partition coefficient (Wildman–Crippen LogP) is 3.50. The molecule has 1 aromatic rings. The molecular formula is C14H22O. The molecule has 0 aliphatic rings. The number of rotatable bonds is 4. The second-order valence-corrected chi connectivity index (χ2v) is 4.49. The third-order valence-corrected chi connectivity index (χ3v) is 3.33. The van der Waals surface area contributed by atoms with Crippen molar-refractivity contribution in [3.63, 3.8) is 0 Å². The van der Waals surface area contributed by atoms with Crippen molar-refractivity contribution in [2.75, 3.05) is 0 Å². The van der Waals surface area contributed by atoms with Gasteiger partial charge in [0, 0.05) is 0 Å². The molecule has 1 aromatic carbocycles. The fourth-order valence-corrected chi connectivity index (χ4v) is 2.01. The molecule has 0 aromatic heterocycles. The number of benzene rings is 1. The topological polar surface area (TPSA) is 20.2 Å². The summed E-state index contributed by atoms with van der Waals surface area (Å²) in [7, 11) is 0. The minimum Gasteiger partial charge on any atom is -0.385 e. The molecule has 1 heteroatoms. The Labute approximate surface area is 93.1 Å². The van der Waals surface area contributed by atoms with E-state index in [2.05, 4.69) is 32.9 Å². The lowest BCUT2D eigenvalue weighted by atomic mass is 9.81. The van der Waals surface area contributed by atoms with E-state index in [1.165, 1.54) is 5.56 Å². The van der Waals surface area contributed by atoms with E-state index < -0.39 is 5.60 Å². The van der Waals surface area contributed by atoms with Gasteiger partial charge >= 0.3 is 0 Å². The molecule has 1 nitrogen and oxygen atoms in total. The summed E-state index contributed by atoms with van der Waals surface area (Å²) >= 11 is 0. The summed E-state index contributed by atoms with van der Waals surface area (Å²) in [4.78, 5) is 0. The van der Waals surface area contributed by atoms with Crippen LogP contribution in [0.1, 0.15) is 45.2 Å². The van der Waals surface area contributed by atoms with Crippen molar-refractivity contribution in [1.29, 1.82) is 0 Å². The Hall–Kier alpha value is -0.820. The smallest absolute Gasteiger partial charge is 0.0916 e. The lowest BCUT2D eigenvalue weighted by molar-refractivity contribution is -0.0140. The van der Waals surface area contributed by atoms with Crippen molar-refractivity contribution in [3.8, 4) is 0 Å². The molecule has 0 bridgehead atoms. The van der Waals surface area contributed by atoms with Gasteiger partial charge in [0.05, 0.1) is 5.60 Å². The molecule has 0 radical (unpaired) electrons. The monoisotopic (exact) mass is 206 g/mol. The number of aryl methyl sites for hydroxylation is 1. The fourth-order valence-electron chi connectivity index (χ4n) is 2.01. The number of hydrogen-bond acceptors (Lipinski definition) is 1. The Balaban J connectivity index is 3.12. The standard InChI is InChI=1S/C14H22O/c1-5-12-8-7-9-13(10-12)14(15,6-2)11(3)4/h7-11,15H,5-6H2,1-4H3. The lowest BCUT2D eigenvalue weighted by Gasteiger charge is -2.32. The van der Waals surface area contributed by atoms with Gasteiger partial charge in [-0.15, -0.1) is 0 Å². The lowest BCUT2D eigenvalue weighted by Crippen LogP contribution is -2.31. The van der Waals surface area contributed by atoms with Gasteiger partial charge in [0.1, 0.15) is 0 Å². The summed E-state index contributed by atoms with van der Waals surface area (Å²) in [5.41, 5.74) is 1.67. The molecule has 0 heterocycles. The molecule has 0 spiro atoms. The van der Waals surface area contributed by atoms with E-state index in [-0.39, 0.29) is 5.92 Å². The highest BCUT2D eigenvalue weighted by molar-refractivity contribution is 5.28. The van der Waals surface area contributed by atoms with Gasteiger partial charge in [-0.2, -0.15) is 0 Å². The zero-order chi connectivity index (χ0) is 11.5. The predicted molar refractivity (Wildman–Crippen MR) is 64.8 cm³/mol. The second kappa shape index (κ2) is 4.80. The van der Waals surface area contributed by atoms with Gasteiger partial charge in [-0.1, -0.05) is 52.0 Å². The van der Waals surface area contributed by atoms with Crippen LogP contribution in [0.3, 0.4) is 0 Å². The first-order chi connectivity index (χ1) is 7.04. The first-order valence-corrected chi connectivity index (χ1v) is 5.86. The average molecular weight is 206 g/mol. The molecule has 84 valence electrons. The van der Waals surface area contributed by atoms with Crippen LogP contribution in [0.4, 0.5) is 0 Å². The van der Waals surface area contributed by atoms with E-state index in [4.69, 9.17) is 0 Å². The van der Waals surface area contributed by atoms with Crippen LogP contribution < -0.4 is 0 Å². The molecule has 0 saturated heterocycles. The van der Waals surface area contributed by atoms with E-state index >= 15 is 0 Å². The first-order valence-electron chi connectivity index (χ1n) is 5.86. The van der Waals surface area contributed by atoms with Crippen LogP contribution in [0.5, 0.6) is 0 Å². The number of hydrogen-bond donors (Lipinski definition) is 1. The van der Waals surface area contributed by atoms with Gasteiger partial charge in [-0.05, 0) is 29.9 Å². The van der Waals surface area contributed by atoms with Crippen molar-refractivity contribution in [2.45, 2.75) is 46.1 Å². The van der Waals surface area contributed by atoms with Gasteiger partial charge < -0.3 is 5.11 Å². The zero-order valence-corrected chi connectivity index (χ0v) is 10.2. The highest BCUT2D eigenvalue weighted by atomic mass is 16.3. The minimum atomic E-state index is -0.675. The van der Waals surface area contributed by atoms with Crippen LogP contribution in [0.25, 0.3) is 0 Å². The Morgan fingerprint density at radius 3 is 2.40 bits per heavy atom. The Kier molecular flexibility index (Phi) is 3.92. The molecule has 0 fully saturated rings. The molecule has 1 rings (SSSR count). The summed E-state index contributed by atoms with van der Waals surface area (Å²) in [6.45, 7) is 8.32. The maximum absolute atomic E-state index is 10.6. The molecule has 1 N–H and O–H groups in total. The highest BCUT2D eigenvalue weighted by Crippen LogP contribution is 2.33. The highest BCUT2D eigenvalue weighted by Gasteiger charge is 2.30. The van der Waals surface area contributed by atoms with Crippen LogP contribution in [-0.4, -0.2) is 5.11 Å². The van der Waals surface area contributed by atoms with Crippen LogP contribution >= 0.6 is 0 Å². The average Bonchev–Trinajstić information content (AvgIpc) is 2.27. The summed E-state index contributed by atoms with van der Waals surface area (Å²) in [6.07, 6.45) is 1.78.